The molecule has 3 saturated heterocycles. The highest BCUT2D eigenvalue weighted by Gasteiger charge is 2.47. The second-order valence-corrected chi connectivity index (χ2v) is 11.8. The lowest BCUT2D eigenvalue weighted by molar-refractivity contribution is 0.0973. The van der Waals surface area contributed by atoms with Crippen molar-refractivity contribution in [2.75, 3.05) is 42.6 Å². The predicted molar refractivity (Wildman–Crippen MR) is 139 cm³/mol. The van der Waals surface area contributed by atoms with Gasteiger partial charge in [-0.3, -0.25) is 0 Å². The first-order valence-corrected chi connectivity index (χ1v) is 14.0. The SMILES string of the molecule is CC[C@@H]1C[C@H]2COc3c(Sc4cnc(N5CCC6(CC5)CO[C@@H](C)[C@H]6N)c(CO)n4)ccnc3N2C1. The summed E-state index contributed by atoms with van der Waals surface area (Å²) in [4.78, 5) is 19.8. The molecular formula is C26H36N6O3S. The number of aliphatic hydroxyl groups is 1. The molecule has 3 N–H and O–H groups in total. The lowest BCUT2D eigenvalue weighted by atomic mass is 9.73. The number of hydrogen-bond donors (Lipinski definition) is 2. The van der Waals surface area contributed by atoms with Crippen LogP contribution >= 0.6 is 11.8 Å². The van der Waals surface area contributed by atoms with E-state index in [1.54, 1.807) is 6.20 Å². The molecule has 0 amide bonds. The summed E-state index contributed by atoms with van der Waals surface area (Å²) in [6, 6.07) is 2.45. The van der Waals surface area contributed by atoms with Gasteiger partial charge in [-0.2, -0.15) is 0 Å². The van der Waals surface area contributed by atoms with Crippen LogP contribution in [0.3, 0.4) is 0 Å². The largest absolute Gasteiger partial charge is 0.486 e. The Bertz CT molecular complexity index is 1110. The van der Waals surface area contributed by atoms with Gasteiger partial charge in [-0.15, -0.1) is 0 Å². The van der Waals surface area contributed by atoms with E-state index in [-0.39, 0.29) is 24.2 Å². The summed E-state index contributed by atoms with van der Waals surface area (Å²) in [6.07, 6.45) is 8.02. The molecule has 194 valence electrons. The Labute approximate surface area is 216 Å². The van der Waals surface area contributed by atoms with E-state index < -0.39 is 0 Å². The molecule has 6 heterocycles. The molecule has 0 aromatic carbocycles. The Morgan fingerprint density at radius 3 is 2.81 bits per heavy atom. The van der Waals surface area contributed by atoms with E-state index >= 15 is 0 Å². The van der Waals surface area contributed by atoms with Crippen molar-refractivity contribution in [3.05, 3.63) is 24.2 Å². The van der Waals surface area contributed by atoms with Crippen LogP contribution in [-0.2, 0) is 11.3 Å². The number of ether oxygens (including phenoxy) is 2. The van der Waals surface area contributed by atoms with Crippen molar-refractivity contribution in [3.63, 3.8) is 0 Å². The summed E-state index contributed by atoms with van der Waals surface area (Å²) in [5.74, 6) is 3.22. The summed E-state index contributed by atoms with van der Waals surface area (Å²) in [6.45, 7) is 8.29. The smallest absolute Gasteiger partial charge is 0.175 e. The Hall–Kier alpha value is -2.14. The van der Waals surface area contributed by atoms with Gasteiger partial charge in [0, 0.05) is 37.3 Å². The number of nitrogens with zero attached hydrogens (tertiary/aromatic N) is 5. The topological polar surface area (TPSA) is 110 Å². The lowest BCUT2D eigenvalue weighted by Gasteiger charge is -2.41. The molecule has 4 aliphatic heterocycles. The van der Waals surface area contributed by atoms with E-state index in [4.69, 9.17) is 25.2 Å². The zero-order valence-electron chi connectivity index (χ0n) is 21.1. The van der Waals surface area contributed by atoms with Crippen LogP contribution in [0.4, 0.5) is 11.6 Å². The predicted octanol–water partition coefficient (Wildman–Crippen LogP) is 2.85. The van der Waals surface area contributed by atoms with Gasteiger partial charge in [-0.05, 0) is 38.2 Å². The van der Waals surface area contributed by atoms with Crippen molar-refractivity contribution >= 4 is 23.4 Å². The van der Waals surface area contributed by atoms with Gasteiger partial charge in [0.05, 0.1) is 36.5 Å². The summed E-state index contributed by atoms with van der Waals surface area (Å²) in [5.41, 5.74) is 7.13. The molecule has 9 nitrogen and oxygen atoms in total. The van der Waals surface area contributed by atoms with Crippen molar-refractivity contribution in [2.45, 2.75) is 74.2 Å². The van der Waals surface area contributed by atoms with Crippen LogP contribution in [0.25, 0.3) is 0 Å². The van der Waals surface area contributed by atoms with Gasteiger partial charge in [0.2, 0.25) is 0 Å². The number of fused-ring (bicyclic) bond motifs is 3. The number of pyridine rings is 1. The molecule has 3 fully saturated rings. The molecule has 2 aromatic heterocycles. The van der Waals surface area contributed by atoms with E-state index in [0.717, 1.165) is 72.8 Å². The Balaban J connectivity index is 1.19. The minimum atomic E-state index is -0.156. The molecule has 0 aliphatic carbocycles. The number of anilines is 2. The van der Waals surface area contributed by atoms with Gasteiger partial charge < -0.3 is 30.1 Å². The first-order valence-electron chi connectivity index (χ1n) is 13.2. The minimum Gasteiger partial charge on any atom is -0.486 e. The van der Waals surface area contributed by atoms with Crippen molar-refractivity contribution < 1.29 is 14.6 Å². The molecule has 0 unspecified atom stereocenters. The molecule has 4 aliphatic rings. The van der Waals surface area contributed by atoms with Crippen LogP contribution in [0.1, 0.15) is 45.2 Å². The van der Waals surface area contributed by atoms with Gasteiger partial charge >= 0.3 is 0 Å². The maximum atomic E-state index is 10.1. The van der Waals surface area contributed by atoms with Crippen LogP contribution in [0.5, 0.6) is 5.75 Å². The monoisotopic (exact) mass is 512 g/mol. The Morgan fingerprint density at radius 2 is 2.08 bits per heavy atom. The fraction of sp³-hybridized carbons (Fsp3) is 0.654. The maximum Gasteiger partial charge on any atom is 0.175 e. The normalized spacial score (nSPS) is 28.8. The number of aliphatic hydroxyl groups excluding tert-OH is 1. The van der Waals surface area contributed by atoms with E-state index in [0.29, 0.717) is 24.3 Å². The number of rotatable bonds is 5. The molecule has 6 rings (SSSR count). The van der Waals surface area contributed by atoms with Crippen molar-refractivity contribution in [1.29, 1.82) is 0 Å². The summed E-state index contributed by atoms with van der Waals surface area (Å²) in [5, 5.41) is 10.9. The van der Waals surface area contributed by atoms with Gasteiger partial charge in [-0.1, -0.05) is 25.1 Å². The second-order valence-electron chi connectivity index (χ2n) is 10.7. The first kappa shape index (κ1) is 24.2. The summed E-state index contributed by atoms with van der Waals surface area (Å²) < 4.78 is 12.1. The maximum absolute atomic E-state index is 10.1. The zero-order chi connectivity index (χ0) is 24.9. The van der Waals surface area contributed by atoms with E-state index in [2.05, 4.69) is 28.6 Å². The van der Waals surface area contributed by atoms with Gasteiger partial charge in [0.25, 0.3) is 0 Å². The number of piperidine rings is 1. The minimum absolute atomic E-state index is 0.0461. The van der Waals surface area contributed by atoms with Crippen LogP contribution < -0.4 is 20.3 Å². The molecule has 4 atom stereocenters. The van der Waals surface area contributed by atoms with Crippen molar-refractivity contribution in [3.8, 4) is 5.75 Å². The van der Waals surface area contributed by atoms with Gasteiger partial charge in [0.15, 0.2) is 17.4 Å². The van der Waals surface area contributed by atoms with Crippen LogP contribution in [0, 0.1) is 11.3 Å². The number of nitrogens with two attached hydrogens (primary N) is 1. The molecule has 0 bridgehead atoms. The molecule has 1 spiro atoms. The van der Waals surface area contributed by atoms with E-state index in [1.807, 2.05) is 12.3 Å². The number of aromatic nitrogens is 3. The Kier molecular flexibility index (Phi) is 6.47. The zero-order valence-corrected chi connectivity index (χ0v) is 21.9. The summed E-state index contributed by atoms with van der Waals surface area (Å²) in [7, 11) is 0. The van der Waals surface area contributed by atoms with Gasteiger partial charge in [-0.25, -0.2) is 15.0 Å². The molecule has 0 radical (unpaired) electrons. The van der Waals surface area contributed by atoms with E-state index in [1.165, 1.54) is 18.2 Å². The van der Waals surface area contributed by atoms with Crippen LogP contribution in [0.2, 0.25) is 0 Å². The fourth-order valence-corrected chi connectivity index (χ4v) is 7.18. The third-order valence-electron chi connectivity index (χ3n) is 8.69. The second kappa shape index (κ2) is 9.63. The third kappa shape index (κ3) is 4.12. The summed E-state index contributed by atoms with van der Waals surface area (Å²) >= 11 is 1.52. The van der Waals surface area contributed by atoms with Crippen molar-refractivity contribution in [1.82, 2.24) is 15.0 Å². The average Bonchev–Trinajstić information content (AvgIpc) is 3.46. The molecular weight excluding hydrogens is 476 g/mol. The average molecular weight is 513 g/mol. The highest BCUT2D eigenvalue weighted by atomic mass is 32.2. The quantitative estimate of drug-likeness (QED) is 0.620. The van der Waals surface area contributed by atoms with Crippen LogP contribution in [0.15, 0.2) is 28.4 Å². The molecule has 2 aromatic rings. The number of hydrogen-bond acceptors (Lipinski definition) is 10. The molecule has 0 saturated carbocycles. The third-order valence-corrected chi connectivity index (χ3v) is 9.64. The van der Waals surface area contributed by atoms with E-state index in [9.17, 15) is 5.11 Å². The lowest BCUT2D eigenvalue weighted by Crippen LogP contribution is -2.51. The highest BCUT2D eigenvalue weighted by Crippen LogP contribution is 2.46. The highest BCUT2D eigenvalue weighted by molar-refractivity contribution is 7.99. The van der Waals surface area contributed by atoms with Crippen LogP contribution in [-0.4, -0.2) is 71.1 Å². The fourth-order valence-electron chi connectivity index (χ4n) is 6.32. The van der Waals surface area contributed by atoms with Gasteiger partial charge in [0.1, 0.15) is 17.3 Å². The first-order chi connectivity index (χ1) is 17.5. The standard InChI is InChI=1S/C26H36N6O3S/c1-3-17-10-18-14-34-22-20(4-7-28-25(22)32(18)12-17)36-21-11-29-24(19(13-33)30-21)31-8-5-26(6-9-31)15-35-16(2)23(26)27/h4,7,11,16-18,23,33H,3,5-6,8-10,12-15,27H2,1-2H3/t16-,17+,18-,23+/m0/s1. The molecule has 10 heteroatoms. The molecule has 36 heavy (non-hydrogen) atoms. The van der Waals surface area contributed by atoms with Crippen molar-refractivity contribution in [2.24, 2.45) is 17.1 Å². The Morgan fingerprint density at radius 1 is 1.25 bits per heavy atom.